The topological polar surface area (TPSA) is 105 Å². The average molecular weight is 311 g/mol. The Hall–Kier alpha value is -2.28. The molecule has 0 aliphatic rings. The maximum atomic E-state index is 11.5. The number of carboxylic acid groups (broad SMARTS) is 1. The largest absolute Gasteiger partial charge is 0.497 e. The van der Waals surface area contributed by atoms with Crippen molar-refractivity contribution in [3.05, 3.63) is 24.3 Å². The van der Waals surface area contributed by atoms with Crippen molar-refractivity contribution < 1.29 is 29.3 Å². The van der Waals surface area contributed by atoms with Gasteiger partial charge in [0.2, 0.25) is 5.91 Å². The molecule has 22 heavy (non-hydrogen) atoms. The molecule has 0 radical (unpaired) electrons. The molecular weight excluding hydrogens is 290 g/mol. The molecule has 1 aromatic rings. The quantitative estimate of drug-likeness (QED) is 0.583. The Morgan fingerprint density at radius 1 is 1.23 bits per heavy atom. The van der Waals surface area contributed by atoms with E-state index >= 15 is 0 Å². The maximum Gasteiger partial charge on any atom is 0.337 e. The SMILES string of the molecule is COc1ccc(OCCCC(=O)NCC(C)(O)C(=O)O)cc1. The van der Waals surface area contributed by atoms with E-state index in [-0.39, 0.29) is 18.9 Å². The second kappa shape index (κ2) is 8.23. The lowest BCUT2D eigenvalue weighted by Crippen LogP contribution is -2.46. The minimum Gasteiger partial charge on any atom is -0.497 e. The van der Waals surface area contributed by atoms with E-state index in [9.17, 15) is 14.7 Å². The van der Waals surface area contributed by atoms with Crippen LogP contribution in [0, 0.1) is 0 Å². The van der Waals surface area contributed by atoms with E-state index in [1.807, 2.05) is 0 Å². The fraction of sp³-hybridized carbons (Fsp3) is 0.467. The minimum atomic E-state index is -1.96. The summed E-state index contributed by atoms with van der Waals surface area (Å²) in [6.07, 6.45) is 0.666. The van der Waals surface area contributed by atoms with Crippen molar-refractivity contribution in [3.8, 4) is 11.5 Å². The number of benzene rings is 1. The molecule has 0 fully saturated rings. The lowest BCUT2D eigenvalue weighted by atomic mass is 10.1. The second-order valence-corrected chi connectivity index (χ2v) is 4.98. The van der Waals surface area contributed by atoms with E-state index in [1.165, 1.54) is 0 Å². The third-order valence-electron chi connectivity index (χ3n) is 2.97. The van der Waals surface area contributed by atoms with Crippen molar-refractivity contribution in [1.29, 1.82) is 0 Å². The summed E-state index contributed by atoms with van der Waals surface area (Å²) in [7, 11) is 1.58. The van der Waals surface area contributed by atoms with E-state index in [4.69, 9.17) is 14.6 Å². The van der Waals surface area contributed by atoms with Crippen LogP contribution in [0.1, 0.15) is 19.8 Å². The standard InChI is InChI=1S/C15H21NO6/c1-15(20,14(18)19)10-16-13(17)4-3-9-22-12-7-5-11(21-2)6-8-12/h5-8,20H,3-4,9-10H2,1-2H3,(H,16,17)(H,18,19). The fourth-order valence-electron chi connectivity index (χ4n) is 1.53. The van der Waals surface area contributed by atoms with Gasteiger partial charge in [-0.15, -0.1) is 0 Å². The fourth-order valence-corrected chi connectivity index (χ4v) is 1.53. The van der Waals surface area contributed by atoms with Crippen LogP contribution < -0.4 is 14.8 Å². The molecule has 0 aromatic heterocycles. The molecule has 1 aromatic carbocycles. The first kappa shape index (κ1) is 17.8. The zero-order valence-electron chi connectivity index (χ0n) is 12.7. The van der Waals surface area contributed by atoms with Crippen LogP contribution in [0.2, 0.25) is 0 Å². The van der Waals surface area contributed by atoms with Gasteiger partial charge in [-0.05, 0) is 37.6 Å². The van der Waals surface area contributed by atoms with Crippen LogP contribution in [0.5, 0.6) is 11.5 Å². The van der Waals surface area contributed by atoms with Crippen LogP contribution in [0.15, 0.2) is 24.3 Å². The van der Waals surface area contributed by atoms with Gasteiger partial charge in [0, 0.05) is 6.42 Å². The molecule has 122 valence electrons. The molecule has 1 atom stereocenters. The predicted octanol–water partition coefficient (Wildman–Crippen LogP) is 0.806. The van der Waals surface area contributed by atoms with Crippen LogP contribution in [-0.4, -0.2) is 48.0 Å². The molecule has 0 saturated carbocycles. The molecule has 0 bridgehead atoms. The van der Waals surface area contributed by atoms with E-state index in [0.717, 1.165) is 12.7 Å². The van der Waals surface area contributed by atoms with Gasteiger partial charge in [0.05, 0.1) is 20.3 Å². The minimum absolute atomic E-state index is 0.186. The van der Waals surface area contributed by atoms with Gasteiger partial charge < -0.3 is 25.0 Å². The van der Waals surface area contributed by atoms with E-state index < -0.39 is 11.6 Å². The third-order valence-corrected chi connectivity index (χ3v) is 2.97. The Morgan fingerprint density at radius 2 is 1.82 bits per heavy atom. The molecule has 1 unspecified atom stereocenters. The van der Waals surface area contributed by atoms with Gasteiger partial charge in [-0.3, -0.25) is 4.79 Å². The smallest absolute Gasteiger partial charge is 0.337 e. The van der Waals surface area contributed by atoms with Crippen LogP contribution >= 0.6 is 0 Å². The number of aliphatic carboxylic acids is 1. The highest BCUT2D eigenvalue weighted by atomic mass is 16.5. The van der Waals surface area contributed by atoms with Gasteiger partial charge in [0.1, 0.15) is 11.5 Å². The highest BCUT2D eigenvalue weighted by Crippen LogP contribution is 2.17. The first-order valence-corrected chi connectivity index (χ1v) is 6.84. The summed E-state index contributed by atoms with van der Waals surface area (Å²) in [6.45, 7) is 1.15. The number of nitrogens with one attached hydrogen (secondary N) is 1. The third kappa shape index (κ3) is 6.01. The highest BCUT2D eigenvalue weighted by Gasteiger charge is 2.30. The van der Waals surface area contributed by atoms with Crippen LogP contribution in [-0.2, 0) is 9.59 Å². The van der Waals surface area contributed by atoms with Crippen molar-refractivity contribution in [3.63, 3.8) is 0 Å². The van der Waals surface area contributed by atoms with Gasteiger partial charge in [-0.2, -0.15) is 0 Å². The Labute approximate surface area is 128 Å². The summed E-state index contributed by atoms with van der Waals surface area (Å²) < 4.78 is 10.5. The zero-order valence-corrected chi connectivity index (χ0v) is 12.7. The zero-order chi connectivity index (χ0) is 16.6. The maximum absolute atomic E-state index is 11.5. The number of carbonyl (C=O) groups excluding carboxylic acids is 1. The van der Waals surface area contributed by atoms with Crippen molar-refractivity contribution in [2.75, 3.05) is 20.3 Å². The molecule has 7 heteroatoms. The van der Waals surface area contributed by atoms with Gasteiger partial charge >= 0.3 is 5.97 Å². The van der Waals surface area contributed by atoms with E-state index in [1.54, 1.807) is 31.4 Å². The summed E-state index contributed by atoms with van der Waals surface area (Å²) in [5.41, 5.74) is -1.96. The summed E-state index contributed by atoms with van der Waals surface area (Å²) in [4.78, 5) is 22.2. The predicted molar refractivity (Wildman–Crippen MR) is 79.0 cm³/mol. The molecule has 0 heterocycles. The van der Waals surface area contributed by atoms with Crippen molar-refractivity contribution >= 4 is 11.9 Å². The number of hydrogen-bond donors (Lipinski definition) is 3. The van der Waals surface area contributed by atoms with Crippen molar-refractivity contribution in [1.82, 2.24) is 5.32 Å². The van der Waals surface area contributed by atoms with Gasteiger partial charge in [-0.25, -0.2) is 4.79 Å². The van der Waals surface area contributed by atoms with Gasteiger partial charge in [0.25, 0.3) is 0 Å². The number of rotatable bonds is 9. The van der Waals surface area contributed by atoms with E-state index in [0.29, 0.717) is 18.8 Å². The Bertz CT molecular complexity index is 497. The lowest BCUT2D eigenvalue weighted by molar-refractivity contribution is -0.156. The van der Waals surface area contributed by atoms with Crippen molar-refractivity contribution in [2.45, 2.75) is 25.4 Å². The molecule has 0 aliphatic carbocycles. The Kier molecular flexibility index (Phi) is 6.65. The Morgan fingerprint density at radius 3 is 2.36 bits per heavy atom. The molecule has 1 rings (SSSR count). The van der Waals surface area contributed by atoms with Crippen molar-refractivity contribution in [2.24, 2.45) is 0 Å². The number of carboxylic acids is 1. The number of aliphatic hydroxyl groups is 1. The van der Waals surface area contributed by atoms with Crippen LogP contribution in [0.4, 0.5) is 0 Å². The first-order valence-electron chi connectivity index (χ1n) is 6.84. The van der Waals surface area contributed by atoms with Crippen LogP contribution in [0.25, 0.3) is 0 Å². The van der Waals surface area contributed by atoms with E-state index in [2.05, 4.69) is 5.32 Å². The highest BCUT2D eigenvalue weighted by molar-refractivity contribution is 5.80. The number of methoxy groups -OCH3 is 1. The molecular formula is C15H21NO6. The lowest BCUT2D eigenvalue weighted by Gasteiger charge is -2.18. The molecule has 0 saturated heterocycles. The summed E-state index contributed by atoms with van der Waals surface area (Å²) >= 11 is 0. The molecule has 0 aliphatic heterocycles. The summed E-state index contributed by atoms with van der Waals surface area (Å²) in [5.74, 6) is -0.303. The summed E-state index contributed by atoms with van der Waals surface area (Å²) in [6, 6.07) is 7.08. The number of amides is 1. The monoisotopic (exact) mass is 311 g/mol. The molecule has 3 N–H and O–H groups in total. The van der Waals surface area contributed by atoms with Gasteiger partial charge in [0.15, 0.2) is 5.60 Å². The molecule has 7 nitrogen and oxygen atoms in total. The van der Waals surface area contributed by atoms with Gasteiger partial charge in [-0.1, -0.05) is 0 Å². The second-order valence-electron chi connectivity index (χ2n) is 4.98. The molecule has 1 amide bonds. The first-order chi connectivity index (χ1) is 10.3. The Balaban J connectivity index is 2.21. The number of carbonyl (C=O) groups is 2. The number of hydrogen-bond acceptors (Lipinski definition) is 5. The number of ether oxygens (including phenoxy) is 2. The molecule has 0 spiro atoms. The normalized spacial score (nSPS) is 13.0. The van der Waals surface area contributed by atoms with Crippen LogP contribution in [0.3, 0.4) is 0 Å². The average Bonchev–Trinajstić information content (AvgIpc) is 2.50. The summed E-state index contributed by atoms with van der Waals surface area (Å²) in [5, 5.41) is 20.5.